The molecule has 0 aromatic carbocycles. The van der Waals surface area contributed by atoms with Crippen LogP contribution in [0.5, 0.6) is 0 Å². The molecule has 0 saturated carbocycles. The first-order chi connectivity index (χ1) is 8.99. The van der Waals surface area contributed by atoms with Gasteiger partial charge in [0, 0.05) is 24.5 Å². The Morgan fingerprint density at radius 2 is 1.89 bits per heavy atom. The highest BCUT2D eigenvalue weighted by molar-refractivity contribution is 7.09. The highest BCUT2D eigenvalue weighted by Gasteiger charge is 2.15. The van der Waals surface area contributed by atoms with Gasteiger partial charge in [-0.05, 0) is 29.7 Å². The fourth-order valence-corrected chi connectivity index (χ4v) is 2.69. The summed E-state index contributed by atoms with van der Waals surface area (Å²) in [4.78, 5) is 15.4. The molecule has 2 amide bonds. The van der Waals surface area contributed by atoms with Crippen molar-refractivity contribution in [2.24, 2.45) is 11.8 Å². The SMILES string of the molecule is CC(C)CN(CC(C)C)C(=O)NCCc1cccs1. The van der Waals surface area contributed by atoms with Gasteiger partial charge in [0.1, 0.15) is 0 Å². The lowest BCUT2D eigenvalue weighted by atomic mass is 10.1. The Labute approximate surface area is 121 Å². The quantitative estimate of drug-likeness (QED) is 0.814. The Balaban J connectivity index is 2.37. The maximum Gasteiger partial charge on any atom is 0.317 e. The summed E-state index contributed by atoms with van der Waals surface area (Å²) >= 11 is 1.74. The molecule has 1 aromatic rings. The van der Waals surface area contributed by atoms with Gasteiger partial charge in [0.2, 0.25) is 0 Å². The largest absolute Gasteiger partial charge is 0.338 e. The second-order valence-corrected chi connectivity index (χ2v) is 6.79. The summed E-state index contributed by atoms with van der Waals surface area (Å²) in [6, 6.07) is 4.22. The molecule has 0 aliphatic rings. The van der Waals surface area contributed by atoms with Crippen LogP contribution < -0.4 is 5.32 Å². The fourth-order valence-electron chi connectivity index (χ4n) is 1.98. The first-order valence-electron chi connectivity index (χ1n) is 7.04. The molecule has 0 aliphatic heterocycles. The van der Waals surface area contributed by atoms with E-state index >= 15 is 0 Å². The number of carbonyl (C=O) groups is 1. The van der Waals surface area contributed by atoms with Gasteiger partial charge < -0.3 is 10.2 Å². The molecule has 1 aromatic heterocycles. The topological polar surface area (TPSA) is 32.3 Å². The summed E-state index contributed by atoms with van der Waals surface area (Å²) in [5.74, 6) is 1.00. The van der Waals surface area contributed by atoms with Crippen LogP contribution >= 0.6 is 11.3 Å². The summed E-state index contributed by atoms with van der Waals surface area (Å²) in [7, 11) is 0. The molecule has 0 unspecified atom stereocenters. The lowest BCUT2D eigenvalue weighted by molar-refractivity contribution is 0.183. The maximum absolute atomic E-state index is 12.2. The van der Waals surface area contributed by atoms with Crippen LogP contribution in [-0.4, -0.2) is 30.6 Å². The first kappa shape index (κ1) is 16.0. The monoisotopic (exact) mass is 282 g/mol. The van der Waals surface area contributed by atoms with Crippen LogP contribution in [0.1, 0.15) is 32.6 Å². The van der Waals surface area contributed by atoms with Crippen LogP contribution in [0.15, 0.2) is 17.5 Å². The second kappa shape index (κ2) is 8.20. The summed E-state index contributed by atoms with van der Waals surface area (Å²) in [6.07, 6.45) is 0.917. The second-order valence-electron chi connectivity index (χ2n) is 5.75. The molecular formula is C15H26N2OS. The van der Waals surface area contributed by atoms with Crippen molar-refractivity contribution in [1.29, 1.82) is 0 Å². The van der Waals surface area contributed by atoms with E-state index in [2.05, 4.69) is 44.5 Å². The molecule has 0 atom stereocenters. The van der Waals surface area contributed by atoms with E-state index in [1.807, 2.05) is 11.0 Å². The highest BCUT2D eigenvalue weighted by atomic mass is 32.1. The van der Waals surface area contributed by atoms with E-state index in [0.29, 0.717) is 18.4 Å². The smallest absolute Gasteiger partial charge is 0.317 e. The zero-order chi connectivity index (χ0) is 14.3. The van der Waals surface area contributed by atoms with Gasteiger partial charge in [0.05, 0.1) is 0 Å². The minimum Gasteiger partial charge on any atom is -0.338 e. The van der Waals surface area contributed by atoms with E-state index in [4.69, 9.17) is 0 Å². The van der Waals surface area contributed by atoms with Crippen LogP contribution in [0, 0.1) is 11.8 Å². The van der Waals surface area contributed by atoms with Gasteiger partial charge in [0.15, 0.2) is 0 Å². The number of carbonyl (C=O) groups excluding carboxylic acids is 1. The lowest BCUT2D eigenvalue weighted by Crippen LogP contribution is -2.44. The van der Waals surface area contributed by atoms with Gasteiger partial charge in [-0.3, -0.25) is 0 Å². The number of hydrogen-bond donors (Lipinski definition) is 1. The summed E-state index contributed by atoms with van der Waals surface area (Å²) in [6.45, 7) is 10.9. The summed E-state index contributed by atoms with van der Waals surface area (Å²) < 4.78 is 0. The van der Waals surface area contributed by atoms with Gasteiger partial charge in [0.25, 0.3) is 0 Å². The molecular weight excluding hydrogens is 256 g/mol. The van der Waals surface area contributed by atoms with E-state index < -0.39 is 0 Å². The van der Waals surface area contributed by atoms with E-state index in [9.17, 15) is 4.79 Å². The molecule has 0 saturated heterocycles. The van der Waals surface area contributed by atoms with Crippen molar-refractivity contribution in [1.82, 2.24) is 10.2 Å². The van der Waals surface area contributed by atoms with Gasteiger partial charge in [-0.25, -0.2) is 4.79 Å². The van der Waals surface area contributed by atoms with Crippen molar-refractivity contribution in [2.75, 3.05) is 19.6 Å². The molecule has 1 rings (SSSR count). The summed E-state index contributed by atoms with van der Waals surface area (Å²) in [5.41, 5.74) is 0. The zero-order valence-corrected chi connectivity index (χ0v) is 13.3. The number of urea groups is 1. The fraction of sp³-hybridized carbons (Fsp3) is 0.667. The molecule has 1 heterocycles. The minimum atomic E-state index is 0.0685. The Bertz CT molecular complexity index is 350. The first-order valence-corrected chi connectivity index (χ1v) is 7.92. The van der Waals surface area contributed by atoms with E-state index in [0.717, 1.165) is 19.5 Å². The maximum atomic E-state index is 12.2. The number of nitrogens with zero attached hydrogens (tertiary/aromatic N) is 1. The molecule has 0 radical (unpaired) electrons. The third kappa shape index (κ3) is 6.62. The molecule has 108 valence electrons. The highest BCUT2D eigenvalue weighted by Crippen LogP contribution is 2.08. The Morgan fingerprint density at radius 1 is 1.26 bits per heavy atom. The van der Waals surface area contributed by atoms with Crippen LogP contribution in [0.2, 0.25) is 0 Å². The molecule has 0 aliphatic carbocycles. The van der Waals surface area contributed by atoms with E-state index in [1.165, 1.54) is 4.88 Å². The van der Waals surface area contributed by atoms with Gasteiger partial charge >= 0.3 is 6.03 Å². The normalized spacial score (nSPS) is 11.1. The average molecular weight is 282 g/mol. The number of rotatable bonds is 7. The van der Waals surface area contributed by atoms with Crippen molar-refractivity contribution in [3.8, 4) is 0 Å². The Kier molecular flexibility index (Phi) is 6.92. The van der Waals surface area contributed by atoms with Crippen LogP contribution in [-0.2, 0) is 6.42 Å². The standard InChI is InChI=1S/C15H26N2OS/c1-12(2)10-17(11-13(3)4)15(18)16-8-7-14-6-5-9-19-14/h5-6,9,12-13H,7-8,10-11H2,1-4H3,(H,16,18). The number of amides is 2. The molecule has 4 heteroatoms. The number of nitrogens with one attached hydrogen (secondary N) is 1. The van der Waals surface area contributed by atoms with Crippen LogP contribution in [0.25, 0.3) is 0 Å². The van der Waals surface area contributed by atoms with Crippen LogP contribution in [0.4, 0.5) is 4.79 Å². The summed E-state index contributed by atoms with van der Waals surface area (Å²) in [5, 5.41) is 5.10. The van der Waals surface area contributed by atoms with Gasteiger partial charge in [-0.15, -0.1) is 11.3 Å². The molecule has 0 bridgehead atoms. The van der Waals surface area contributed by atoms with E-state index in [1.54, 1.807) is 11.3 Å². The average Bonchev–Trinajstić information content (AvgIpc) is 2.79. The third-order valence-corrected chi connectivity index (χ3v) is 3.62. The molecule has 0 fully saturated rings. The Morgan fingerprint density at radius 3 is 2.37 bits per heavy atom. The molecule has 3 nitrogen and oxygen atoms in total. The predicted octanol–water partition coefficient (Wildman–Crippen LogP) is 3.61. The van der Waals surface area contributed by atoms with Crippen molar-refractivity contribution in [3.05, 3.63) is 22.4 Å². The molecule has 0 spiro atoms. The molecule has 1 N–H and O–H groups in total. The molecule has 19 heavy (non-hydrogen) atoms. The lowest BCUT2D eigenvalue weighted by Gasteiger charge is -2.26. The predicted molar refractivity (Wildman–Crippen MR) is 82.7 cm³/mol. The minimum absolute atomic E-state index is 0.0685. The van der Waals surface area contributed by atoms with Crippen molar-refractivity contribution in [2.45, 2.75) is 34.1 Å². The van der Waals surface area contributed by atoms with Crippen LogP contribution in [0.3, 0.4) is 0 Å². The van der Waals surface area contributed by atoms with Gasteiger partial charge in [-0.2, -0.15) is 0 Å². The zero-order valence-electron chi connectivity index (χ0n) is 12.5. The van der Waals surface area contributed by atoms with E-state index in [-0.39, 0.29) is 6.03 Å². The van der Waals surface area contributed by atoms with Crippen molar-refractivity contribution >= 4 is 17.4 Å². The number of thiophene rings is 1. The third-order valence-electron chi connectivity index (χ3n) is 2.69. The number of hydrogen-bond acceptors (Lipinski definition) is 2. The Hall–Kier alpha value is -1.03. The van der Waals surface area contributed by atoms with Crippen molar-refractivity contribution in [3.63, 3.8) is 0 Å². The van der Waals surface area contributed by atoms with Gasteiger partial charge in [-0.1, -0.05) is 33.8 Å². The van der Waals surface area contributed by atoms with Crippen molar-refractivity contribution < 1.29 is 4.79 Å².